The molecular weight excluding hydrogens is 681 g/mol. The molecule has 0 aliphatic carbocycles. The van der Waals surface area contributed by atoms with E-state index in [1.54, 1.807) is 10.6 Å². The molecule has 2 N–H and O–H groups in total. The van der Waals surface area contributed by atoms with Gasteiger partial charge in [-0.1, -0.05) is 35.5 Å². The standard InChI is InChI=1S/C30H28ClF3N6O5S2/c1-19-3-2-4-22(15-19)40-26(17-35-28(42)20-5-8-23(9-6-20)47(43,44)39-11-13-45-14-12-39)37-38-29(40)46-18-27(41)36-25-16-21(30(32,33)34)7-10-24(25)31/h2-10,15-16H,11-14,17-18H2,1H3,(H,35,42)(H,36,41). The van der Waals surface area contributed by atoms with E-state index in [0.29, 0.717) is 29.9 Å². The summed E-state index contributed by atoms with van der Waals surface area (Å²) >= 11 is 7.00. The van der Waals surface area contributed by atoms with Crippen LogP contribution >= 0.6 is 23.4 Å². The highest BCUT2D eigenvalue weighted by molar-refractivity contribution is 7.99. The SMILES string of the molecule is Cc1cccc(-n2c(CNC(=O)c3ccc(S(=O)(=O)N4CCOCC4)cc3)nnc2SCC(=O)Nc2cc(C(F)(F)F)ccc2Cl)c1. The molecule has 0 bridgehead atoms. The van der Waals surface area contributed by atoms with Gasteiger partial charge in [-0.2, -0.15) is 17.5 Å². The van der Waals surface area contributed by atoms with Crippen LogP contribution in [0.1, 0.15) is 27.3 Å². The third kappa shape index (κ3) is 8.31. The van der Waals surface area contributed by atoms with E-state index in [-0.39, 0.29) is 46.6 Å². The number of ether oxygens (including phenoxy) is 1. The van der Waals surface area contributed by atoms with Gasteiger partial charge >= 0.3 is 6.18 Å². The maximum absolute atomic E-state index is 13.1. The van der Waals surface area contributed by atoms with Gasteiger partial charge in [-0.25, -0.2) is 8.42 Å². The third-order valence-electron chi connectivity index (χ3n) is 6.99. The van der Waals surface area contributed by atoms with E-state index >= 15 is 0 Å². The Balaban J connectivity index is 1.28. The number of carbonyl (C=O) groups excluding carboxylic acids is 2. The Bertz CT molecular complexity index is 1880. The minimum absolute atomic E-state index is 0.0503. The van der Waals surface area contributed by atoms with Crippen molar-refractivity contribution >= 4 is 50.9 Å². The smallest absolute Gasteiger partial charge is 0.379 e. The Morgan fingerprint density at radius 3 is 2.43 bits per heavy atom. The summed E-state index contributed by atoms with van der Waals surface area (Å²) in [5.74, 6) is -1.00. The highest BCUT2D eigenvalue weighted by Gasteiger charge is 2.31. The number of sulfonamides is 1. The summed E-state index contributed by atoms with van der Waals surface area (Å²) in [4.78, 5) is 25.8. The lowest BCUT2D eigenvalue weighted by molar-refractivity contribution is -0.137. The summed E-state index contributed by atoms with van der Waals surface area (Å²) in [5.41, 5.74) is 0.672. The normalized spacial score (nSPS) is 14.1. The van der Waals surface area contributed by atoms with E-state index in [4.69, 9.17) is 16.3 Å². The number of halogens is 4. The number of nitrogens with one attached hydrogen (secondary N) is 2. The average molecular weight is 709 g/mol. The summed E-state index contributed by atoms with van der Waals surface area (Å²) < 4.78 is 73.5. The number of carbonyl (C=O) groups is 2. The van der Waals surface area contributed by atoms with Gasteiger partial charge in [-0.3, -0.25) is 14.2 Å². The molecule has 1 aromatic heterocycles. The second kappa shape index (κ2) is 14.4. The van der Waals surface area contributed by atoms with Gasteiger partial charge in [0.1, 0.15) is 0 Å². The van der Waals surface area contributed by atoms with Crippen molar-refractivity contribution in [1.29, 1.82) is 0 Å². The molecule has 5 rings (SSSR count). The maximum atomic E-state index is 13.1. The number of aryl methyl sites for hydroxylation is 1. The minimum atomic E-state index is -4.61. The van der Waals surface area contributed by atoms with Gasteiger partial charge in [0.05, 0.1) is 46.7 Å². The molecule has 1 aliphatic heterocycles. The predicted molar refractivity (Wildman–Crippen MR) is 169 cm³/mol. The summed E-state index contributed by atoms with van der Waals surface area (Å²) in [6.07, 6.45) is -4.61. The van der Waals surface area contributed by atoms with E-state index in [2.05, 4.69) is 20.8 Å². The second-order valence-electron chi connectivity index (χ2n) is 10.3. The molecule has 11 nitrogen and oxygen atoms in total. The van der Waals surface area contributed by atoms with Gasteiger partial charge < -0.3 is 15.4 Å². The summed E-state index contributed by atoms with van der Waals surface area (Å²) in [6.45, 7) is 2.95. The number of nitrogens with zero attached hydrogens (tertiary/aromatic N) is 4. The number of anilines is 1. The van der Waals surface area contributed by atoms with Crippen LogP contribution in [-0.2, 0) is 32.3 Å². The van der Waals surface area contributed by atoms with Gasteiger partial charge in [0, 0.05) is 24.3 Å². The van der Waals surface area contributed by atoms with Crippen LogP contribution < -0.4 is 10.6 Å². The Hall–Kier alpha value is -3.96. The summed E-state index contributed by atoms with van der Waals surface area (Å²) in [5, 5.41) is 13.8. The Labute approximate surface area is 277 Å². The first-order valence-corrected chi connectivity index (χ1v) is 16.9. The quantitative estimate of drug-likeness (QED) is 0.222. The monoisotopic (exact) mass is 708 g/mol. The van der Waals surface area contributed by atoms with Crippen LogP contribution in [0.2, 0.25) is 5.02 Å². The molecule has 0 unspecified atom stereocenters. The average Bonchev–Trinajstić information content (AvgIpc) is 3.46. The fraction of sp³-hybridized carbons (Fsp3) is 0.267. The number of hydrogen-bond acceptors (Lipinski definition) is 8. The van der Waals surface area contributed by atoms with Crippen molar-refractivity contribution in [3.8, 4) is 5.69 Å². The molecule has 1 fully saturated rings. The molecule has 1 saturated heterocycles. The van der Waals surface area contributed by atoms with Gasteiger partial charge in [-0.15, -0.1) is 10.2 Å². The number of morpholine rings is 1. The van der Waals surface area contributed by atoms with Crippen LogP contribution in [-0.4, -0.2) is 71.4 Å². The molecule has 0 atom stereocenters. The lowest BCUT2D eigenvalue weighted by Gasteiger charge is -2.26. The van der Waals surface area contributed by atoms with Gasteiger partial charge in [0.2, 0.25) is 15.9 Å². The first-order chi connectivity index (χ1) is 22.3. The van der Waals surface area contributed by atoms with Gasteiger partial charge in [-0.05, 0) is 67.1 Å². The Morgan fingerprint density at radius 2 is 1.74 bits per heavy atom. The van der Waals surface area contributed by atoms with Crippen LogP contribution in [0.5, 0.6) is 0 Å². The Kier molecular flexibility index (Phi) is 10.6. The Morgan fingerprint density at radius 1 is 1.02 bits per heavy atom. The van der Waals surface area contributed by atoms with Crippen molar-refractivity contribution in [1.82, 2.24) is 24.4 Å². The highest BCUT2D eigenvalue weighted by atomic mass is 35.5. The number of rotatable bonds is 10. The van der Waals surface area contributed by atoms with Crippen molar-refractivity contribution in [3.63, 3.8) is 0 Å². The van der Waals surface area contributed by atoms with Crippen molar-refractivity contribution in [2.45, 2.75) is 29.7 Å². The van der Waals surface area contributed by atoms with Crippen LogP contribution in [0.3, 0.4) is 0 Å². The van der Waals surface area contributed by atoms with E-state index in [1.807, 2.05) is 25.1 Å². The summed E-state index contributed by atoms with van der Waals surface area (Å²) in [7, 11) is -3.72. The molecule has 2 heterocycles. The number of thioether (sulfide) groups is 1. The first-order valence-electron chi connectivity index (χ1n) is 14.1. The molecule has 0 saturated carbocycles. The van der Waals surface area contributed by atoms with Crippen LogP contribution in [0.15, 0.2) is 76.8 Å². The number of aromatic nitrogens is 3. The number of alkyl halides is 3. The third-order valence-corrected chi connectivity index (χ3v) is 10.2. The molecule has 248 valence electrons. The van der Waals surface area contributed by atoms with E-state index in [9.17, 15) is 31.2 Å². The minimum Gasteiger partial charge on any atom is -0.379 e. The number of benzene rings is 3. The van der Waals surface area contributed by atoms with Crippen LogP contribution in [0, 0.1) is 6.92 Å². The predicted octanol–water partition coefficient (Wildman–Crippen LogP) is 4.93. The molecule has 3 aromatic carbocycles. The maximum Gasteiger partial charge on any atom is 0.416 e. The molecular formula is C30H28ClF3N6O5S2. The zero-order valence-electron chi connectivity index (χ0n) is 24.8. The fourth-order valence-electron chi connectivity index (χ4n) is 4.62. The van der Waals surface area contributed by atoms with E-state index < -0.39 is 33.6 Å². The molecule has 2 amide bonds. The summed E-state index contributed by atoms with van der Waals surface area (Å²) in [6, 6.07) is 15.6. The largest absolute Gasteiger partial charge is 0.416 e. The van der Waals surface area contributed by atoms with Gasteiger partial charge in [0.15, 0.2) is 11.0 Å². The topological polar surface area (TPSA) is 136 Å². The lowest BCUT2D eigenvalue weighted by atomic mass is 10.2. The highest BCUT2D eigenvalue weighted by Crippen LogP contribution is 2.34. The second-order valence-corrected chi connectivity index (χ2v) is 13.6. The number of amides is 2. The molecule has 17 heteroatoms. The van der Waals surface area contributed by atoms with Crippen molar-refractivity contribution in [2.24, 2.45) is 0 Å². The van der Waals surface area contributed by atoms with Crippen molar-refractivity contribution in [2.75, 3.05) is 37.4 Å². The molecule has 0 radical (unpaired) electrons. The zero-order valence-corrected chi connectivity index (χ0v) is 27.1. The number of hydrogen-bond donors (Lipinski definition) is 2. The lowest BCUT2D eigenvalue weighted by Crippen LogP contribution is -2.40. The first kappa shape index (κ1) is 34.4. The van der Waals surface area contributed by atoms with Gasteiger partial charge in [0.25, 0.3) is 5.91 Å². The van der Waals surface area contributed by atoms with Crippen LogP contribution in [0.4, 0.5) is 18.9 Å². The molecule has 0 spiro atoms. The molecule has 4 aromatic rings. The zero-order chi connectivity index (χ0) is 33.8. The van der Waals surface area contributed by atoms with Crippen LogP contribution in [0.25, 0.3) is 5.69 Å². The fourth-order valence-corrected chi connectivity index (χ4v) is 6.97. The van der Waals surface area contributed by atoms with E-state index in [1.165, 1.54) is 28.6 Å². The van der Waals surface area contributed by atoms with E-state index in [0.717, 1.165) is 35.5 Å². The van der Waals surface area contributed by atoms with Crippen molar-refractivity contribution in [3.05, 3.63) is 94.3 Å². The van der Waals surface area contributed by atoms with Crippen molar-refractivity contribution < 1.29 is 35.9 Å². The molecule has 1 aliphatic rings. The molecule has 47 heavy (non-hydrogen) atoms.